The van der Waals surface area contributed by atoms with Gasteiger partial charge in [-0.3, -0.25) is 0 Å². The lowest BCUT2D eigenvalue weighted by atomic mass is 9.72. The maximum Gasteiger partial charge on any atom is 0.0282 e. The second-order valence-electron chi connectivity index (χ2n) is 5.35. The molecule has 0 heterocycles. The lowest BCUT2D eigenvalue weighted by Gasteiger charge is -2.35. The van der Waals surface area contributed by atoms with Gasteiger partial charge >= 0.3 is 0 Å². The zero-order chi connectivity index (χ0) is 9.47. The van der Waals surface area contributed by atoms with Gasteiger partial charge in [0.1, 0.15) is 0 Å². The molecular weight excluding hydrogens is 180 g/mol. The molecule has 0 N–H and O–H groups in total. The van der Waals surface area contributed by atoms with Gasteiger partial charge in [-0.2, -0.15) is 0 Å². The van der Waals surface area contributed by atoms with E-state index in [9.17, 15) is 0 Å². The van der Waals surface area contributed by atoms with Gasteiger partial charge in [0.15, 0.2) is 0 Å². The fourth-order valence-electron chi connectivity index (χ4n) is 3.32. The Morgan fingerprint density at radius 1 is 1.38 bits per heavy atom. The first-order chi connectivity index (χ1) is 6.22. The quantitative estimate of drug-likeness (QED) is 0.600. The van der Waals surface area contributed by atoms with Crippen LogP contribution in [0.1, 0.15) is 46.0 Å². The third-order valence-electron chi connectivity index (χ3n) is 4.44. The summed E-state index contributed by atoms with van der Waals surface area (Å²) in [6.45, 7) is 4.70. The molecule has 0 saturated heterocycles. The molecule has 1 heteroatoms. The van der Waals surface area contributed by atoms with Gasteiger partial charge in [0.2, 0.25) is 0 Å². The summed E-state index contributed by atoms with van der Waals surface area (Å²) in [6.07, 6.45) is 7.06. The fraction of sp³-hybridized carbons (Fsp3) is 1.00. The first kappa shape index (κ1) is 9.83. The molecular formula is C12H21Cl. The highest BCUT2D eigenvalue weighted by Gasteiger charge is 2.54. The molecule has 2 aliphatic carbocycles. The van der Waals surface area contributed by atoms with E-state index in [0.29, 0.717) is 5.41 Å². The van der Waals surface area contributed by atoms with Crippen LogP contribution in [0.4, 0.5) is 0 Å². The molecule has 76 valence electrons. The SMILES string of the molecule is CCCC(C)C1(CCl)CC2CC2C1. The van der Waals surface area contributed by atoms with Gasteiger partial charge in [-0.25, -0.2) is 0 Å². The summed E-state index contributed by atoms with van der Waals surface area (Å²) >= 11 is 6.18. The van der Waals surface area contributed by atoms with E-state index in [1.54, 1.807) is 0 Å². The number of alkyl halides is 1. The summed E-state index contributed by atoms with van der Waals surface area (Å²) in [5.74, 6) is 3.89. The van der Waals surface area contributed by atoms with E-state index in [0.717, 1.165) is 23.6 Å². The van der Waals surface area contributed by atoms with Gasteiger partial charge in [-0.15, -0.1) is 11.6 Å². The van der Waals surface area contributed by atoms with Crippen molar-refractivity contribution in [2.24, 2.45) is 23.2 Å². The molecule has 3 unspecified atom stereocenters. The average Bonchev–Trinajstić information content (AvgIpc) is 2.74. The molecule has 0 aromatic rings. The summed E-state index contributed by atoms with van der Waals surface area (Å²) in [6, 6.07) is 0. The molecule has 0 aromatic carbocycles. The van der Waals surface area contributed by atoms with Crippen molar-refractivity contribution >= 4 is 11.6 Å². The minimum absolute atomic E-state index is 0.533. The van der Waals surface area contributed by atoms with Crippen molar-refractivity contribution in [1.29, 1.82) is 0 Å². The van der Waals surface area contributed by atoms with E-state index in [1.807, 2.05) is 0 Å². The number of fused-ring (bicyclic) bond motifs is 1. The summed E-state index contributed by atoms with van der Waals surface area (Å²) < 4.78 is 0. The number of hydrogen-bond donors (Lipinski definition) is 0. The van der Waals surface area contributed by atoms with Gasteiger partial charge in [-0.05, 0) is 42.4 Å². The van der Waals surface area contributed by atoms with Crippen molar-refractivity contribution in [2.75, 3.05) is 5.88 Å². The highest BCUT2D eigenvalue weighted by Crippen LogP contribution is 2.63. The first-order valence-electron chi connectivity index (χ1n) is 5.78. The zero-order valence-corrected chi connectivity index (χ0v) is 9.61. The molecule has 0 spiro atoms. The van der Waals surface area contributed by atoms with Gasteiger partial charge in [0.05, 0.1) is 0 Å². The van der Waals surface area contributed by atoms with Gasteiger partial charge in [0.25, 0.3) is 0 Å². The number of rotatable bonds is 4. The van der Waals surface area contributed by atoms with Gasteiger partial charge in [0, 0.05) is 5.88 Å². The topological polar surface area (TPSA) is 0 Å². The van der Waals surface area contributed by atoms with Crippen LogP contribution in [0.3, 0.4) is 0 Å². The molecule has 3 atom stereocenters. The predicted molar refractivity (Wildman–Crippen MR) is 58.1 cm³/mol. The van der Waals surface area contributed by atoms with Crippen LogP contribution in [-0.2, 0) is 0 Å². The van der Waals surface area contributed by atoms with E-state index >= 15 is 0 Å². The van der Waals surface area contributed by atoms with Crippen LogP contribution >= 0.6 is 11.6 Å². The van der Waals surface area contributed by atoms with Crippen molar-refractivity contribution in [3.05, 3.63) is 0 Å². The molecule has 0 nitrogen and oxygen atoms in total. The molecule has 2 rings (SSSR count). The highest BCUT2D eigenvalue weighted by molar-refractivity contribution is 6.18. The molecule has 2 saturated carbocycles. The third kappa shape index (κ3) is 1.63. The molecule has 0 radical (unpaired) electrons. The van der Waals surface area contributed by atoms with Crippen molar-refractivity contribution < 1.29 is 0 Å². The summed E-state index contributed by atoms with van der Waals surface area (Å²) in [7, 11) is 0. The van der Waals surface area contributed by atoms with E-state index < -0.39 is 0 Å². The van der Waals surface area contributed by atoms with Crippen LogP contribution in [0.15, 0.2) is 0 Å². The Labute approximate surface area is 87.0 Å². The predicted octanol–water partition coefficient (Wildman–Crippen LogP) is 4.08. The van der Waals surface area contributed by atoms with Gasteiger partial charge in [-0.1, -0.05) is 26.7 Å². The van der Waals surface area contributed by atoms with Crippen LogP contribution in [0.25, 0.3) is 0 Å². The van der Waals surface area contributed by atoms with Crippen molar-refractivity contribution in [2.45, 2.75) is 46.0 Å². The number of hydrogen-bond acceptors (Lipinski definition) is 0. The molecule has 2 aliphatic rings. The van der Waals surface area contributed by atoms with Gasteiger partial charge < -0.3 is 0 Å². The smallest absolute Gasteiger partial charge is 0.0282 e. The standard InChI is InChI=1S/C12H21Cl/c1-3-4-9(2)12(8-13)6-10-5-11(10)7-12/h9-11H,3-8H2,1-2H3. The Kier molecular flexibility index (Phi) is 2.61. The Morgan fingerprint density at radius 3 is 2.46 bits per heavy atom. The van der Waals surface area contributed by atoms with Crippen molar-refractivity contribution in [1.82, 2.24) is 0 Å². The second kappa shape index (κ2) is 3.46. The van der Waals surface area contributed by atoms with E-state index in [2.05, 4.69) is 13.8 Å². The highest BCUT2D eigenvalue weighted by atomic mass is 35.5. The Morgan fingerprint density at radius 2 is 2.00 bits per heavy atom. The average molecular weight is 201 g/mol. The third-order valence-corrected chi connectivity index (χ3v) is 4.97. The maximum absolute atomic E-state index is 6.18. The second-order valence-corrected chi connectivity index (χ2v) is 5.62. The van der Waals surface area contributed by atoms with Crippen LogP contribution in [0.2, 0.25) is 0 Å². The summed E-state index contributed by atoms with van der Waals surface area (Å²) in [5.41, 5.74) is 0.533. The molecule has 0 aromatic heterocycles. The largest absolute Gasteiger partial charge is 0.126 e. The van der Waals surface area contributed by atoms with Crippen LogP contribution in [0, 0.1) is 23.2 Å². The molecule has 0 amide bonds. The van der Waals surface area contributed by atoms with Crippen LogP contribution in [0.5, 0.6) is 0 Å². The lowest BCUT2D eigenvalue weighted by Crippen LogP contribution is -2.29. The lowest BCUT2D eigenvalue weighted by molar-refractivity contribution is 0.180. The minimum atomic E-state index is 0.533. The molecule has 13 heavy (non-hydrogen) atoms. The van der Waals surface area contributed by atoms with Crippen LogP contribution in [-0.4, -0.2) is 5.88 Å². The van der Waals surface area contributed by atoms with E-state index in [1.165, 1.54) is 32.1 Å². The molecule has 0 bridgehead atoms. The zero-order valence-electron chi connectivity index (χ0n) is 8.85. The number of halogens is 1. The van der Waals surface area contributed by atoms with Crippen molar-refractivity contribution in [3.8, 4) is 0 Å². The fourth-order valence-corrected chi connectivity index (χ4v) is 3.80. The summed E-state index contributed by atoms with van der Waals surface area (Å²) in [5, 5.41) is 0. The maximum atomic E-state index is 6.18. The normalized spacial score (nSPS) is 44.5. The Bertz CT molecular complexity index is 178. The minimum Gasteiger partial charge on any atom is -0.126 e. The van der Waals surface area contributed by atoms with Crippen molar-refractivity contribution in [3.63, 3.8) is 0 Å². The summed E-state index contributed by atoms with van der Waals surface area (Å²) in [4.78, 5) is 0. The Hall–Kier alpha value is 0.290. The molecule has 2 fully saturated rings. The van der Waals surface area contributed by atoms with E-state index in [4.69, 9.17) is 11.6 Å². The first-order valence-corrected chi connectivity index (χ1v) is 6.31. The monoisotopic (exact) mass is 200 g/mol. The van der Waals surface area contributed by atoms with E-state index in [-0.39, 0.29) is 0 Å². The van der Waals surface area contributed by atoms with Crippen LogP contribution < -0.4 is 0 Å². The Balaban J connectivity index is 1.98. The molecule has 0 aliphatic heterocycles.